The van der Waals surface area contributed by atoms with Crippen LogP contribution in [0.1, 0.15) is 33.3 Å². The zero-order chi connectivity index (χ0) is 20.7. The predicted molar refractivity (Wildman–Crippen MR) is 101 cm³/mol. The number of benzene rings is 1. The number of esters is 1. The van der Waals surface area contributed by atoms with Gasteiger partial charge in [0.15, 0.2) is 11.6 Å². The monoisotopic (exact) mass is 391 g/mol. The zero-order valence-electron chi connectivity index (χ0n) is 17.4. The van der Waals surface area contributed by atoms with E-state index < -0.39 is 34.9 Å². The van der Waals surface area contributed by atoms with Crippen LogP contribution in [0.25, 0.3) is 0 Å². The first-order valence-corrected chi connectivity index (χ1v) is 9.37. The number of carbonyl (C=O) groups excluding carboxylic acids is 2. The highest BCUT2D eigenvalue weighted by atomic mass is 16.6. The predicted octanol–water partition coefficient (Wildman–Crippen LogP) is 2.13. The Kier molecular flexibility index (Phi) is 5.29. The maximum absolute atomic E-state index is 13.4. The number of rotatable bonds is 5. The van der Waals surface area contributed by atoms with Gasteiger partial charge in [0.2, 0.25) is 0 Å². The van der Waals surface area contributed by atoms with Gasteiger partial charge in [-0.2, -0.15) is 0 Å². The number of ether oxygens (including phenoxy) is 4. The second kappa shape index (κ2) is 7.13. The highest BCUT2D eigenvalue weighted by Crippen LogP contribution is 2.52. The Labute approximate surface area is 165 Å². The van der Waals surface area contributed by atoms with Crippen molar-refractivity contribution in [3.8, 4) is 0 Å². The molecule has 7 heteroatoms. The molecule has 7 nitrogen and oxygen atoms in total. The molecule has 0 spiro atoms. The number of amides is 1. The second-order valence-electron chi connectivity index (χ2n) is 8.59. The van der Waals surface area contributed by atoms with Crippen molar-refractivity contribution in [2.24, 2.45) is 5.41 Å². The maximum atomic E-state index is 13.4. The van der Waals surface area contributed by atoms with Crippen LogP contribution in [0.4, 0.5) is 0 Å². The lowest BCUT2D eigenvalue weighted by molar-refractivity contribution is -0.184. The quantitative estimate of drug-likeness (QED) is 0.716. The summed E-state index contributed by atoms with van der Waals surface area (Å²) in [6.45, 7) is 7.81. The van der Waals surface area contributed by atoms with Gasteiger partial charge < -0.3 is 18.9 Å². The van der Waals surface area contributed by atoms with Gasteiger partial charge in [-0.3, -0.25) is 9.69 Å². The lowest BCUT2D eigenvalue weighted by Crippen LogP contribution is -2.66. The number of hydrogen-bond acceptors (Lipinski definition) is 6. The Morgan fingerprint density at radius 3 is 2.43 bits per heavy atom. The standard InChI is InChI=1S/C21H29NO6/c1-19(2,3)17-22-16(23)15(25-5)20(4,21(22,13-27-17)18(24)26-6)28-12-14-10-8-7-9-11-14/h7-11,15,17H,12-13H2,1-6H3/t15-,17-,20-,21+/m0/s1. The minimum Gasteiger partial charge on any atom is -0.467 e. The van der Waals surface area contributed by atoms with Crippen LogP contribution in [-0.2, 0) is 35.1 Å². The Balaban J connectivity index is 2.08. The van der Waals surface area contributed by atoms with E-state index in [4.69, 9.17) is 18.9 Å². The molecule has 0 aromatic heterocycles. The van der Waals surface area contributed by atoms with Crippen LogP contribution >= 0.6 is 0 Å². The number of carbonyl (C=O) groups is 2. The van der Waals surface area contributed by atoms with E-state index in [1.807, 2.05) is 51.1 Å². The molecule has 2 heterocycles. The van der Waals surface area contributed by atoms with Crippen molar-refractivity contribution in [3.05, 3.63) is 35.9 Å². The van der Waals surface area contributed by atoms with E-state index in [2.05, 4.69) is 0 Å². The summed E-state index contributed by atoms with van der Waals surface area (Å²) in [6.07, 6.45) is -1.55. The van der Waals surface area contributed by atoms with E-state index in [0.29, 0.717) is 0 Å². The average Bonchev–Trinajstić information content (AvgIpc) is 3.16. The van der Waals surface area contributed by atoms with E-state index in [0.717, 1.165) is 5.56 Å². The van der Waals surface area contributed by atoms with Crippen molar-refractivity contribution in [3.63, 3.8) is 0 Å². The van der Waals surface area contributed by atoms with Gasteiger partial charge in [-0.25, -0.2) is 4.79 Å². The van der Waals surface area contributed by atoms with Crippen LogP contribution in [0.3, 0.4) is 0 Å². The Morgan fingerprint density at radius 2 is 1.89 bits per heavy atom. The molecular formula is C21H29NO6. The van der Waals surface area contributed by atoms with E-state index in [9.17, 15) is 9.59 Å². The lowest BCUT2D eigenvalue weighted by atomic mass is 9.80. The zero-order valence-corrected chi connectivity index (χ0v) is 17.4. The Bertz CT molecular complexity index is 745. The van der Waals surface area contributed by atoms with Gasteiger partial charge in [0.1, 0.15) is 11.8 Å². The van der Waals surface area contributed by atoms with Crippen LogP contribution in [0.15, 0.2) is 30.3 Å². The number of hydrogen-bond donors (Lipinski definition) is 0. The van der Waals surface area contributed by atoms with Crippen molar-refractivity contribution in [2.75, 3.05) is 20.8 Å². The summed E-state index contributed by atoms with van der Waals surface area (Å²) in [5.74, 6) is -0.899. The Morgan fingerprint density at radius 1 is 1.25 bits per heavy atom. The summed E-state index contributed by atoms with van der Waals surface area (Å²) in [5, 5.41) is 0. The van der Waals surface area contributed by atoms with Crippen LogP contribution in [0.2, 0.25) is 0 Å². The van der Waals surface area contributed by atoms with E-state index >= 15 is 0 Å². The summed E-state index contributed by atoms with van der Waals surface area (Å²) in [6, 6.07) is 9.58. The number of fused-ring (bicyclic) bond motifs is 1. The molecule has 154 valence electrons. The van der Waals surface area contributed by atoms with E-state index in [1.54, 1.807) is 6.92 Å². The minimum absolute atomic E-state index is 0.0154. The average molecular weight is 391 g/mol. The normalized spacial score (nSPS) is 32.5. The number of nitrogens with zero attached hydrogens (tertiary/aromatic N) is 1. The first-order valence-electron chi connectivity index (χ1n) is 9.37. The highest BCUT2D eigenvalue weighted by Gasteiger charge is 2.77. The molecule has 2 fully saturated rings. The molecule has 1 aromatic rings. The van der Waals surface area contributed by atoms with Crippen LogP contribution in [-0.4, -0.2) is 61.1 Å². The fourth-order valence-corrected chi connectivity index (χ4v) is 4.30. The van der Waals surface area contributed by atoms with Gasteiger partial charge in [-0.1, -0.05) is 51.1 Å². The molecule has 28 heavy (non-hydrogen) atoms. The first-order chi connectivity index (χ1) is 13.1. The molecular weight excluding hydrogens is 362 g/mol. The van der Waals surface area contributed by atoms with Crippen molar-refractivity contribution < 1.29 is 28.5 Å². The Hall–Kier alpha value is -1.96. The first kappa shape index (κ1) is 20.8. The van der Waals surface area contributed by atoms with Gasteiger partial charge in [-0.05, 0) is 12.5 Å². The third-order valence-corrected chi connectivity index (χ3v) is 5.76. The largest absolute Gasteiger partial charge is 0.467 e. The van der Waals surface area contributed by atoms with Crippen LogP contribution in [0.5, 0.6) is 0 Å². The SMILES string of the molecule is COC(=O)[C@@]12CO[C@@H](C(C)(C)C)N1C(=O)[C@H](OC)[C@]2(C)OCc1ccccc1. The van der Waals surface area contributed by atoms with Crippen molar-refractivity contribution in [1.29, 1.82) is 0 Å². The van der Waals surface area contributed by atoms with Crippen molar-refractivity contribution >= 4 is 11.9 Å². The minimum atomic E-state index is -1.42. The summed E-state index contributed by atoms with van der Waals surface area (Å²) in [5.41, 5.74) is -2.20. The van der Waals surface area contributed by atoms with Crippen molar-refractivity contribution in [2.45, 2.75) is 57.8 Å². The molecule has 0 saturated carbocycles. The molecule has 4 atom stereocenters. The molecule has 0 bridgehead atoms. The summed E-state index contributed by atoms with van der Waals surface area (Å²) in [4.78, 5) is 27.9. The van der Waals surface area contributed by atoms with Crippen LogP contribution < -0.4 is 0 Å². The van der Waals surface area contributed by atoms with Crippen LogP contribution in [0, 0.1) is 5.41 Å². The third-order valence-electron chi connectivity index (χ3n) is 5.76. The van der Waals surface area contributed by atoms with Crippen molar-refractivity contribution in [1.82, 2.24) is 4.90 Å². The van der Waals surface area contributed by atoms with Gasteiger partial charge in [0, 0.05) is 12.5 Å². The lowest BCUT2D eigenvalue weighted by Gasteiger charge is -2.42. The molecule has 0 unspecified atom stereocenters. The molecule has 0 N–H and O–H groups in total. The third kappa shape index (κ3) is 2.84. The summed E-state index contributed by atoms with van der Waals surface area (Å²) >= 11 is 0. The summed E-state index contributed by atoms with van der Waals surface area (Å²) < 4.78 is 23.0. The molecule has 2 saturated heterocycles. The fraction of sp³-hybridized carbons (Fsp3) is 0.619. The maximum Gasteiger partial charge on any atom is 0.337 e. The number of methoxy groups -OCH3 is 2. The smallest absolute Gasteiger partial charge is 0.337 e. The molecule has 1 amide bonds. The molecule has 0 radical (unpaired) electrons. The van der Waals surface area contributed by atoms with E-state index in [-0.39, 0.29) is 19.1 Å². The summed E-state index contributed by atoms with van der Waals surface area (Å²) in [7, 11) is 2.76. The molecule has 2 aliphatic rings. The molecule has 3 rings (SSSR count). The highest BCUT2D eigenvalue weighted by molar-refractivity contribution is 5.98. The second-order valence-corrected chi connectivity index (χ2v) is 8.59. The molecule has 0 aliphatic carbocycles. The molecule has 1 aromatic carbocycles. The van der Waals surface area contributed by atoms with E-state index in [1.165, 1.54) is 19.1 Å². The van der Waals surface area contributed by atoms with Gasteiger partial charge >= 0.3 is 5.97 Å². The topological polar surface area (TPSA) is 74.3 Å². The van der Waals surface area contributed by atoms with Gasteiger partial charge in [0.05, 0.1) is 20.3 Å². The van der Waals surface area contributed by atoms with Gasteiger partial charge in [-0.15, -0.1) is 0 Å². The fourth-order valence-electron chi connectivity index (χ4n) is 4.30. The van der Waals surface area contributed by atoms with Gasteiger partial charge in [0.25, 0.3) is 5.91 Å². The molecule has 2 aliphatic heterocycles.